The smallest absolute Gasteiger partial charge is 0.0794 e. The minimum Gasteiger partial charge on any atom is -0.253 e. The number of hydrogen-bond acceptors (Lipinski definition) is 2. The van der Waals surface area contributed by atoms with Crippen LogP contribution in [0.1, 0.15) is 84.9 Å². The molecule has 1 aromatic rings. The minimum atomic E-state index is 0. The van der Waals surface area contributed by atoms with Crippen LogP contribution < -0.4 is 0 Å². The van der Waals surface area contributed by atoms with E-state index in [1.54, 1.807) is 11.3 Å². The van der Waals surface area contributed by atoms with Gasteiger partial charge in [0.25, 0.3) is 0 Å². The molecule has 0 atom stereocenters. The molecule has 1 heterocycles. The van der Waals surface area contributed by atoms with Gasteiger partial charge < -0.3 is 0 Å². The van der Waals surface area contributed by atoms with Crippen LogP contribution in [0.5, 0.6) is 0 Å². The standard InChI is InChI=1S/C4H5NS.3C4H10.Sn/c1-4-2-5-3-6-4;3*1-3-4-2;/h2-3H,1H3;3*3-4H2,1-2H3;. The molecule has 0 saturated heterocycles. The quantitative estimate of drug-likeness (QED) is 0.536. The van der Waals surface area contributed by atoms with E-state index in [1.807, 2.05) is 18.6 Å². The second-order valence-corrected chi connectivity index (χ2v) is 5.20. The van der Waals surface area contributed by atoms with Gasteiger partial charge in [-0.3, -0.25) is 4.98 Å². The van der Waals surface area contributed by atoms with Gasteiger partial charge in [0.2, 0.25) is 0 Å². The van der Waals surface area contributed by atoms with Crippen LogP contribution in [0.3, 0.4) is 0 Å². The first-order valence-corrected chi connectivity index (χ1v) is 8.37. The van der Waals surface area contributed by atoms with Crippen molar-refractivity contribution in [3.63, 3.8) is 0 Å². The molecule has 0 amide bonds. The number of aryl methyl sites for hydroxylation is 1. The van der Waals surface area contributed by atoms with Crippen LogP contribution in [-0.2, 0) is 0 Å². The van der Waals surface area contributed by atoms with E-state index in [-0.39, 0.29) is 23.9 Å². The molecular weight excluding hydrogens is 357 g/mol. The molecule has 4 radical (unpaired) electrons. The molecule has 19 heavy (non-hydrogen) atoms. The molecule has 1 aromatic heterocycles. The van der Waals surface area contributed by atoms with Crippen molar-refractivity contribution < 1.29 is 0 Å². The molecule has 0 aromatic carbocycles. The predicted molar refractivity (Wildman–Crippen MR) is 94.4 cm³/mol. The average Bonchev–Trinajstić information content (AvgIpc) is 2.90. The molecule has 3 heteroatoms. The Labute approximate surface area is 143 Å². The van der Waals surface area contributed by atoms with Gasteiger partial charge in [-0.1, -0.05) is 80.1 Å². The fraction of sp³-hybridized carbons (Fsp3) is 0.812. The summed E-state index contributed by atoms with van der Waals surface area (Å²) in [6.07, 6.45) is 9.77. The molecule has 114 valence electrons. The zero-order valence-electron chi connectivity index (χ0n) is 14.3. The summed E-state index contributed by atoms with van der Waals surface area (Å²) >= 11 is 1.67. The van der Waals surface area contributed by atoms with Crippen LogP contribution in [0, 0.1) is 6.92 Å². The third-order valence-electron chi connectivity index (χ3n) is 2.06. The summed E-state index contributed by atoms with van der Waals surface area (Å²) in [5.41, 5.74) is 1.83. The first-order chi connectivity index (χ1) is 8.64. The summed E-state index contributed by atoms with van der Waals surface area (Å²) in [6, 6.07) is 0. The second kappa shape index (κ2) is 31.0. The maximum atomic E-state index is 3.84. The van der Waals surface area contributed by atoms with Gasteiger partial charge in [-0.05, 0) is 6.92 Å². The van der Waals surface area contributed by atoms with Crippen LogP contribution in [-0.4, -0.2) is 28.9 Å². The molecule has 0 spiro atoms. The van der Waals surface area contributed by atoms with Gasteiger partial charge in [0.1, 0.15) is 0 Å². The number of nitrogens with zero attached hydrogens (tertiary/aromatic N) is 1. The molecule has 0 N–H and O–H groups in total. The minimum absolute atomic E-state index is 0. The third-order valence-corrected chi connectivity index (χ3v) is 2.76. The maximum absolute atomic E-state index is 3.84. The van der Waals surface area contributed by atoms with Gasteiger partial charge in [-0.2, -0.15) is 0 Å². The zero-order chi connectivity index (χ0) is 14.6. The Morgan fingerprint density at radius 2 is 1.11 bits per heavy atom. The summed E-state index contributed by atoms with van der Waals surface area (Å²) in [5.74, 6) is 0. The first-order valence-electron chi connectivity index (χ1n) is 7.49. The van der Waals surface area contributed by atoms with E-state index in [9.17, 15) is 0 Å². The van der Waals surface area contributed by atoms with Gasteiger partial charge in [-0.15, -0.1) is 11.3 Å². The fourth-order valence-electron chi connectivity index (χ4n) is 0.279. The van der Waals surface area contributed by atoms with E-state index in [0.717, 1.165) is 0 Å². The van der Waals surface area contributed by atoms with Gasteiger partial charge in [-0.25, -0.2) is 0 Å². The number of rotatable bonds is 3. The van der Waals surface area contributed by atoms with Crippen molar-refractivity contribution in [2.75, 3.05) is 0 Å². The van der Waals surface area contributed by atoms with E-state index in [0.29, 0.717) is 0 Å². The Hall–Kier alpha value is 0.429. The van der Waals surface area contributed by atoms with E-state index >= 15 is 0 Å². The van der Waals surface area contributed by atoms with Crippen LogP contribution in [0.25, 0.3) is 0 Å². The van der Waals surface area contributed by atoms with E-state index in [4.69, 9.17) is 0 Å². The SMILES string of the molecule is CCCC.CCCC.CCCC.Cc1cncs1.[Sn]. The molecule has 0 aliphatic heterocycles. The largest absolute Gasteiger partial charge is 0.253 e. The van der Waals surface area contributed by atoms with Crippen LogP contribution in [0.4, 0.5) is 0 Å². The predicted octanol–water partition coefficient (Wildman–Crippen LogP) is 6.49. The van der Waals surface area contributed by atoms with Crippen LogP contribution >= 0.6 is 11.3 Å². The van der Waals surface area contributed by atoms with Crippen molar-refractivity contribution in [2.24, 2.45) is 0 Å². The molecule has 0 saturated carbocycles. The van der Waals surface area contributed by atoms with E-state index in [2.05, 4.69) is 46.5 Å². The Morgan fingerprint density at radius 3 is 1.16 bits per heavy atom. The summed E-state index contributed by atoms with van der Waals surface area (Å²) in [4.78, 5) is 5.11. The first kappa shape index (κ1) is 27.7. The number of unbranched alkanes of at least 4 members (excludes halogenated alkanes) is 3. The molecule has 1 nitrogen and oxygen atoms in total. The zero-order valence-corrected chi connectivity index (χ0v) is 17.9. The van der Waals surface area contributed by atoms with E-state index in [1.165, 1.54) is 43.4 Å². The van der Waals surface area contributed by atoms with Crippen molar-refractivity contribution in [1.29, 1.82) is 0 Å². The van der Waals surface area contributed by atoms with Crippen molar-refractivity contribution in [1.82, 2.24) is 4.98 Å². The normalized spacial score (nSPS) is 7.53. The topological polar surface area (TPSA) is 12.9 Å². The van der Waals surface area contributed by atoms with Crippen LogP contribution in [0.15, 0.2) is 11.7 Å². The summed E-state index contributed by atoms with van der Waals surface area (Å²) in [5, 5.41) is 0. The van der Waals surface area contributed by atoms with Gasteiger partial charge >= 0.3 is 0 Å². The monoisotopic (exact) mass is 393 g/mol. The number of aromatic nitrogens is 1. The Morgan fingerprint density at radius 1 is 0.789 bits per heavy atom. The van der Waals surface area contributed by atoms with Crippen molar-refractivity contribution in [2.45, 2.75) is 87.0 Å². The van der Waals surface area contributed by atoms with Gasteiger partial charge in [0.15, 0.2) is 0 Å². The molecule has 0 fully saturated rings. The molecule has 0 unspecified atom stereocenters. The molecular formula is C16H35NSSn. The summed E-state index contributed by atoms with van der Waals surface area (Å²) < 4.78 is 0. The average molecular weight is 392 g/mol. The summed E-state index contributed by atoms with van der Waals surface area (Å²) in [6.45, 7) is 15.1. The van der Waals surface area contributed by atoms with Crippen molar-refractivity contribution >= 4 is 35.2 Å². The Balaban J connectivity index is -0.0000000796. The third kappa shape index (κ3) is 45.7. The maximum Gasteiger partial charge on any atom is 0.0794 e. The van der Waals surface area contributed by atoms with Crippen LogP contribution in [0.2, 0.25) is 0 Å². The molecule has 1 rings (SSSR count). The van der Waals surface area contributed by atoms with Crippen molar-refractivity contribution in [3.8, 4) is 0 Å². The van der Waals surface area contributed by atoms with Gasteiger partial charge in [0.05, 0.1) is 5.51 Å². The Bertz CT molecular complexity index is 173. The van der Waals surface area contributed by atoms with Gasteiger partial charge in [0, 0.05) is 35.0 Å². The summed E-state index contributed by atoms with van der Waals surface area (Å²) in [7, 11) is 0. The number of thiazole rings is 1. The molecule has 0 bridgehead atoms. The van der Waals surface area contributed by atoms with E-state index < -0.39 is 0 Å². The number of hydrogen-bond donors (Lipinski definition) is 0. The fourth-order valence-corrected chi connectivity index (χ4v) is 0.689. The van der Waals surface area contributed by atoms with Crippen molar-refractivity contribution in [3.05, 3.63) is 16.6 Å². The second-order valence-electron chi connectivity index (χ2n) is 4.11. The molecule has 0 aliphatic carbocycles. The Kier molecular flexibility index (Phi) is 45.3. The molecule has 0 aliphatic rings.